The van der Waals surface area contributed by atoms with Gasteiger partial charge in [0.25, 0.3) is 5.56 Å². The average molecular weight is 401 g/mol. The van der Waals surface area contributed by atoms with Crippen LogP contribution in [-0.4, -0.2) is 49.3 Å². The van der Waals surface area contributed by atoms with Gasteiger partial charge in [-0.15, -0.1) is 0 Å². The molecule has 0 N–H and O–H groups in total. The first-order valence-electron chi connectivity index (χ1n) is 9.69. The monoisotopic (exact) mass is 401 g/mol. The number of aromatic nitrogens is 4. The summed E-state index contributed by atoms with van der Waals surface area (Å²) in [6.45, 7) is 3.16. The molecule has 0 aliphatic carbocycles. The highest BCUT2D eigenvalue weighted by Gasteiger charge is 2.21. The fourth-order valence-corrected chi connectivity index (χ4v) is 3.77. The predicted molar refractivity (Wildman–Crippen MR) is 107 cm³/mol. The molecule has 4 rings (SSSR count). The molecule has 0 saturated carbocycles. The van der Waals surface area contributed by atoms with E-state index in [-0.39, 0.29) is 23.2 Å². The van der Waals surface area contributed by atoms with Crippen molar-refractivity contribution in [1.29, 1.82) is 0 Å². The molecule has 3 heterocycles. The van der Waals surface area contributed by atoms with Crippen LogP contribution in [0.5, 0.6) is 5.75 Å². The lowest BCUT2D eigenvalue weighted by Crippen LogP contribution is -2.40. The highest BCUT2D eigenvalue weighted by Crippen LogP contribution is 2.19. The van der Waals surface area contributed by atoms with E-state index in [0.717, 1.165) is 37.0 Å². The van der Waals surface area contributed by atoms with Crippen LogP contribution in [0.3, 0.4) is 0 Å². The first-order chi connectivity index (χ1) is 13.9. The Labute approximate surface area is 166 Å². The van der Waals surface area contributed by atoms with E-state index in [9.17, 15) is 14.0 Å². The van der Waals surface area contributed by atoms with Gasteiger partial charge in [0.2, 0.25) is 0 Å². The Kier molecular flexibility index (Phi) is 5.23. The first kappa shape index (κ1) is 19.4. The number of fused-ring (bicyclic) bond motifs is 1. The number of nitrogens with zero attached hydrogens (tertiary/aromatic N) is 5. The summed E-state index contributed by atoms with van der Waals surface area (Å²) < 4.78 is 23.3. The number of ether oxygens (including phenoxy) is 1. The van der Waals surface area contributed by atoms with Crippen molar-refractivity contribution in [2.75, 3.05) is 19.6 Å². The van der Waals surface area contributed by atoms with Crippen molar-refractivity contribution in [3.8, 4) is 5.75 Å². The number of benzene rings is 1. The Morgan fingerprint density at radius 3 is 2.45 bits per heavy atom. The maximum Gasteiger partial charge on any atom is 0.332 e. The Morgan fingerprint density at radius 2 is 1.76 bits per heavy atom. The van der Waals surface area contributed by atoms with Gasteiger partial charge >= 0.3 is 5.69 Å². The van der Waals surface area contributed by atoms with E-state index in [2.05, 4.69) is 9.88 Å². The molecule has 9 heteroatoms. The van der Waals surface area contributed by atoms with E-state index >= 15 is 0 Å². The van der Waals surface area contributed by atoms with Crippen molar-refractivity contribution in [1.82, 2.24) is 23.6 Å². The van der Waals surface area contributed by atoms with Gasteiger partial charge in [0, 0.05) is 40.3 Å². The Morgan fingerprint density at radius 1 is 1.07 bits per heavy atom. The molecule has 1 aliphatic rings. The van der Waals surface area contributed by atoms with Crippen LogP contribution in [0, 0.1) is 5.82 Å². The Bertz CT molecular complexity index is 1120. The van der Waals surface area contributed by atoms with Crippen LogP contribution in [0.25, 0.3) is 11.2 Å². The van der Waals surface area contributed by atoms with E-state index in [1.165, 1.54) is 23.7 Å². The highest BCUT2D eigenvalue weighted by atomic mass is 19.1. The van der Waals surface area contributed by atoms with Crippen LogP contribution < -0.4 is 16.0 Å². The minimum Gasteiger partial charge on any atom is -0.490 e. The molecule has 3 aromatic rings. The van der Waals surface area contributed by atoms with Crippen LogP contribution in [0.15, 0.2) is 40.2 Å². The van der Waals surface area contributed by atoms with Crippen molar-refractivity contribution >= 4 is 11.2 Å². The molecule has 154 valence electrons. The van der Waals surface area contributed by atoms with Crippen LogP contribution in [-0.2, 0) is 20.6 Å². The van der Waals surface area contributed by atoms with Crippen molar-refractivity contribution in [2.45, 2.75) is 25.5 Å². The number of hydrogen-bond donors (Lipinski definition) is 0. The molecule has 29 heavy (non-hydrogen) atoms. The quantitative estimate of drug-likeness (QED) is 0.641. The van der Waals surface area contributed by atoms with Gasteiger partial charge in [-0.05, 0) is 37.1 Å². The van der Waals surface area contributed by atoms with E-state index in [1.54, 1.807) is 25.5 Å². The van der Waals surface area contributed by atoms with Crippen LogP contribution in [0.4, 0.5) is 4.39 Å². The molecule has 0 unspecified atom stereocenters. The molecule has 1 aromatic carbocycles. The highest BCUT2D eigenvalue weighted by molar-refractivity contribution is 5.69. The summed E-state index contributed by atoms with van der Waals surface area (Å²) in [5, 5.41) is 0. The maximum absolute atomic E-state index is 13.0. The lowest BCUT2D eigenvalue weighted by Gasteiger charge is -2.32. The molecule has 0 bridgehead atoms. The van der Waals surface area contributed by atoms with Gasteiger partial charge in [-0.3, -0.25) is 13.9 Å². The fraction of sp³-hybridized carbons (Fsp3) is 0.450. The van der Waals surface area contributed by atoms with Crippen molar-refractivity contribution < 1.29 is 9.13 Å². The van der Waals surface area contributed by atoms with Crippen LogP contribution >= 0.6 is 0 Å². The van der Waals surface area contributed by atoms with E-state index in [4.69, 9.17) is 4.74 Å². The topological polar surface area (TPSA) is 74.3 Å². The standard InChI is InChI=1S/C20H24FN5O3/c1-23-18-17(19(27)24(2)20(23)28)26(13-22-18)12-11-25-9-7-16(8-10-25)29-15-5-3-14(21)4-6-15/h3-6,13,16H,7-12H2,1-2H3. The van der Waals surface area contributed by atoms with Gasteiger partial charge in [0.05, 0.1) is 6.33 Å². The number of hydrogen-bond acceptors (Lipinski definition) is 5. The van der Waals surface area contributed by atoms with Crippen LogP contribution in [0.2, 0.25) is 0 Å². The molecule has 1 saturated heterocycles. The molecule has 0 spiro atoms. The number of likely N-dealkylation sites (tertiary alicyclic amines) is 1. The molecule has 8 nitrogen and oxygen atoms in total. The summed E-state index contributed by atoms with van der Waals surface area (Å²) in [7, 11) is 3.10. The van der Waals surface area contributed by atoms with Gasteiger partial charge in [0.1, 0.15) is 17.7 Å². The third kappa shape index (κ3) is 3.82. The molecule has 2 aromatic heterocycles. The van der Waals surface area contributed by atoms with Crippen LogP contribution in [0.1, 0.15) is 12.8 Å². The summed E-state index contributed by atoms with van der Waals surface area (Å²) in [5.41, 5.74) is 0.150. The minimum atomic E-state index is -0.379. The summed E-state index contributed by atoms with van der Waals surface area (Å²) in [5.74, 6) is 0.422. The number of imidazole rings is 1. The maximum atomic E-state index is 13.0. The van der Waals surface area contributed by atoms with E-state index in [1.807, 2.05) is 4.57 Å². The third-order valence-corrected chi connectivity index (χ3v) is 5.53. The van der Waals surface area contributed by atoms with Gasteiger partial charge in [-0.25, -0.2) is 14.2 Å². The van der Waals surface area contributed by atoms with Gasteiger partial charge in [-0.1, -0.05) is 0 Å². The normalized spacial score (nSPS) is 15.8. The van der Waals surface area contributed by atoms with Gasteiger partial charge in [0.15, 0.2) is 11.2 Å². The summed E-state index contributed by atoms with van der Waals surface area (Å²) in [6.07, 6.45) is 3.51. The predicted octanol–water partition coefficient (Wildman–Crippen LogP) is 1.12. The molecule has 1 fully saturated rings. The molecule has 0 amide bonds. The lowest BCUT2D eigenvalue weighted by molar-refractivity contribution is 0.0987. The lowest BCUT2D eigenvalue weighted by atomic mass is 10.1. The number of piperidine rings is 1. The molecular formula is C20H24FN5O3. The number of rotatable bonds is 5. The minimum absolute atomic E-state index is 0.118. The zero-order valence-electron chi connectivity index (χ0n) is 16.5. The Hall–Kier alpha value is -2.94. The van der Waals surface area contributed by atoms with E-state index in [0.29, 0.717) is 23.5 Å². The second kappa shape index (κ2) is 7.82. The smallest absolute Gasteiger partial charge is 0.332 e. The first-order valence-corrected chi connectivity index (χ1v) is 9.69. The SMILES string of the molecule is Cn1c(=O)c2c(ncn2CCN2CCC(Oc3ccc(F)cc3)CC2)n(C)c1=O. The van der Waals surface area contributed by atoms with Gasteiger partial charge < -0.3 is 14.2 Å². The summed E-state index contributed by atoms with van der Waals surface area (Å²) in [4.78, 5) is 31.1. The second-order valence-electron chi connectivity index (χ2n) is 7.43. The molecular weight excluding hydrogens is 377 g/mol. The largest absolute Gasteiger partial charge is 0.490 e. The van der Waals surface area contributed by atoms with E-state index < -0.39 is 0 Å². The summed E-state index contributed by atoms with van der Waals surface area (Å²) >= 11 is 0. The molecule has 1 aliphatic heterocycles. The zero-order valence-corrected chi connectivity index (χ0v) is 16.5. The number of aryl methyl sites for hydroxylation is 1. The molecule has 0 radical (unpaired) electrons. The average Bonchev–Trinajstić information content (AvgIpc) is 3.16. The fourth-order valence-electron chi connectivity index (χ4n) is 3.77. The van der Waals surface area contributed by atoms with Crippen molar-refractivity contribution in [3.05, 3.63) is 57.2 Å². The number of halogens is 1. The molecule has 0 atom stereocenters. The van der Waals surface area contributed by atoms with Crippen molar-refractivity contribution in [2.24, 2.45) is 14.1 Å². The summed E-state index contributed by atoms with van der Waals surface area (Å²) in [6, 6.07) is 6.11. The third-order valence-electron chi connectivity index (χ3n) is 5.53. The van der Waals surface area contributed by atoms with Crippen molar-refractivity contribution in [3.63, 3.8) is 0 Å². The van der Waals surface area contributed by atoms with Gasteiger partial charge in [-0.2, -0.15) is 0 Å². The second-order valence-corrected chi connectivity index (χ2v) is 7.43. The zero-order chi connectivity index (χ0) is 20.5. The Balaban J connectivity index is 1.37.